The molecule has 0 aliphatic rings. The average molecular weight is 456 g/mol. The molecule has 32 heavy (non-hydrogen) atoms. The molecule has 0 bridgehead atoms. The van der Waals surface area contributed by atoms with Crippen LogP contribution in [0.2, 0.25) is 0 Å². The van der Waals surface area contributed by atoms with Crippen molar-refractivity contribution in [3.63, 3.8) is 0 Å². The standard InChI is InChI=1S/C23H29N5O3S/c1-5-11-28(14-20-25-26-23(31-20)18-10-7-12-32-18)15-21(30)27(4)13-19(29)24-22-16(2)8-6-9-17(22)3/h6-10,12H,5,11,13-15H2,1-4H3,(H,24,29). The van der Waals surface area contributed by atoms with E-state index in [0.717, 1.165) is 28.1 Å². The first-order valence-corrected chi connectivity index (χ1v) is 11.4. The normalized spacial score (nSPS) is 11.0. The summed E-state index contributed by atoms with van der Waals surface area (Å²) in [5.41, 5.74) is 2.77. The molecule has 3 aromatic rings. The predicted octanol–water partition coefficient (Wildman–Crippen LogP) is 3.72. The number of anilines is 1. The Morgan fingerprint density at radius 2 is 1.84 bits per heavy atom. The summed E-state index contributed by atoms with van der Waals surface area (Å²) in [5.74, 6) is 0.578. The number of benzene rings is 1. The van der Waals surface area contributed by atoms with Gasteiger partial charge in [0.25, 0.3) is 5.89 Å². The van der Waals surface area contributed by atoms with E-state index in [1.807, 2.05) is 61.4 Å². The number of rotatable bonds is 10. The lowest BCUT2D eigenvalue weighted by atomic mass is 10.1. The van der Waals surface area contributed by atoms with Crippen LogP contribution < -0.4 is 5.32 Å². The van der Waals surface area contributed by atoms with Crippen LogP contribution in [0.25, 0.3) is 10.8 Å². The minimum atomic E-state index is -0.224. The first-order chi connectivity index (χ1) is 15.4. The molecule has 0 atom stereocenters. The highest BCUT2D eigenvalue weighted by Crippen LogP contribution is 2.23. The molecule has 2 aromatic heterocycles. The number of nitrogens with zero attached hydrogens (tertiary/aromatic N) is 4. The Hall–Kier alpha value is -3.04. The molecule has 0 aliphatic heterocycles. The number of aromatic nitrogens is 2. The number of carbonyl (C=O) groups excluding carboxylic acids is 2. The zero-order chi connectivity index (χ0) is 23.1. The van der Waals surface area contributed by atoms with Crippen molar-refractivity contribution in [1.82, 2.24) is 20.0 Å². The van der Waals surface area contributed by atoms with Crippen LogP contribution in [-0.4, -0.2) is 58.5 Å². The lowest BCUT2D eigenvalue weighted by Gasteiger charge is -2.23. The molecule has 0 unspecified atom stereocenters. The van der Waals surface area contributed by atoms with Gasteiger partial charge in [0.2, 0.25) is 17.7 Å². The molecule has 9 heteroatoms. The van der Waals surface area contributed by atoms with Gasteiger partial charge in [-0.1, -0.05) is 31.2 Å². The number of para-hydroxylation sites is 1. The van der Waals surface area contributed by atoms with E-state index in [1.165, 1.54) is 16.2 Å². The van der Waals surface area contributed by atoms with Crippen molar-refractivity contribution in [1.29, 1.82) is 0 Å². The molecule has 2 amide bonds. The molecule has 0 saturated heterocycles. The van der Waals surface area contributed by atoms with Crippen LogP contribution in [0.3, 0.4) is 0 Å². The van der Waals surface area contributed by atoms with E-state index in [0.29, 0.717) is 24.9 Å². The Morgan fingerprint density at radius 1 is 1.09 bits per heavy atom. The van der Waals surface area contributed by atoms with Gasteiger partial charge in [0.15, 0.2) is 0 Å². The van der Waals surface area contributed by atoms with Crippen LogP contribution in [-0.2, 0) is 16.1 Å². The van der Waals surface area contributed by atoms with Gasteiger partial charge in [0.05, 0.1) is 24.5 Å². The summed E-state index contributed by atoms with van der Waals surface area (Å²) in [6.07, 6.45) is 0.871. The van der Waals surface area contributed by atoms with Gasteiger partial charge >= 0.3 is 0 Å². The van der Waals surface area contributed by atoms with Gasteiger partial charge in [-0.3, -0.25) is 14.5 Å². The number of likely N-dealkylation sites (N-methyl/N-ethyl adjacent to an activating group) is 1. The maximum absolute atomic E-state index is 12.8. The number of thiophene rings is 1. The smallest absolute Gasteiger partial charge is 0.257 e. The van der Waals surface area contributed by atoms with E-state index >= 15 is 0 Å². The van der Waals surface area contributed by atoms with E-state index in [2.05, 4.69) is 15.5 Å². The molecule has 0 fully saturated rings. The summed E-state index contributed by atoms with van der Waals surface area (Å²) in [6.45, 7) is 7.16. The molecule has 1 N–H and O–H groups in total. The SMILES string of the molecule is CCCN(CC(=O)N(C)CC(=O)Nc1c(C)cccc1C)Cc1nnc(-c2cccs2)o1. The van der Waals surface area contributed by atoms with E-state index in [9.17, 15) is 9.59 Å². The third kappa shape index (κ3) is 6.24. The monoisotopic (exact) mass is 455 g/mol. The van der Waals surface area contributed by atoms with Gasteiger partial charge in [-0.05, 0) is 49.4 Å². The third-order valence-electron chi connectivity index (χ3n) is 5.01. The quantitative estimate of drug-likeness (QED) is 0.501. The second kappa shape index (κ2) is 11.0. The zero-order valence-electron chi connectivity index (χ0n) is 18.9. The van der Waals surface area contributed by atoms with E-state index < -0.39 is 0 Å². The fourth-order valence-electron chi connectivity index (χ4n) is 3.35. The Bertz CT molecular complexity index is 1030. The average Bonchev–Trinajstić information content (AvgIpc) is 3.43. The molecule has 0 radical (unpaired) electrons. The van der Waals surface area contributed by atoms with Crippen molar-refractivity contribution < 1.29 is 14.0 Å². The Balaban J connectivity index is 1.56. The molecule has 0 aliphatic carbocycles. The number of aryl methyl sites for hydroxylation is 2. The van der Waals surface area contributed by atoms with Gasteiger partial charge in [0.1, 0.15) is 0 Å². The number of hydrogen-bond donors (Lipinski definition) is 1. The first-order valence-electron chi connectivity index (χ1n) is 10.6. The molecule has 0 saturated carbocycles. The minimum Gasteiger partial charge on any atom is -0.419 e. The summed E-state index contributed by atoms with van der Waals surface area (Å²) < 4.78 is 5.76. The van der Waals surface area contributed by atoms with Gasteiger partial charge in [-0.2, -0.15) is 0 Å². The van der Waals surface area contributed by atoms with Crippen molar-refractivity contribution in [2.24, 2.45) is 0 Å². The first kappa shape index (κ1) is 23.6. The highest BCUT2D eigenvalue weighted by molar-refractivity contribution is 7.13. The van der Waals surface area contributed by atoms with Gasteiger partial charge in [0, 0.05) is 12.7 Å². The highest BCUT2D eigenvalue weighted by atomic mass is 32.1. The van der Waals surface area contributed by atoms with Crippen molar-refractivity contribution in [2.45, 2.75) is 33.7 Å². The Kier molecular flexibility index (Phi) is 8.13. The Labute approximate surface area is 192 Å². The van der Waals surface area contributed by atoms with Crippen LogP contribution in [0.4, 0.5) is 5.69 Å². The fourth-order valence-corrected chi connectivity index (χ4v) is 3.99. The van der Waals surface area contributed by atoms with Crippen molar-refractivity contribution in [3.05, 3.63) is 52.7 Å². The molecular weight excluding hydrogens is 426 g/mol. The largest absolute Gasteiger partial charge is 0.419 e. The number of nitrogens with one attached hydrogen (secondary N) is 1. The number of carbonyl (C=O) groups is 2. The van der Waals surface area contributed by atoms with Crippen LogP contribution in [0.15, 0.2) is 40.1 Å². The summed E-state index contributed by atoms with van der Waals surface area (Å²) in [6, 6.07) is 9.69. The number of hydrogen-bond acceptors (Lipinski definition) is 7. The highest BCUT2D eigenvalue weighted by Gasteiger charge is 2.19. The molecule has 8 nitrogen and oxygen atoms in total. The van der Waals surface area contributed by atoms with Gasteiger partial charge < -0.3 is 14.6 Å². The molecule has 170 valence electrons. The summed E-state index contributed by atoms with van der Waals surface area (Å²) >= 11 is 1.53. The predicted molar refractivity (Wildman–Crippen MR) is 125 cm³/mol. The molecular formula is C23H29N5O3S. The van der Waals surface area contributed by atoms with Crippen molar-refractivity contribution in [3.8, 4) is 10.8 Å². The van der Waals surface area contributed by atoms with Crippen LogP contribution in [0.1, 0.15) is 30.4 Å². The van der Waals surface area contributed by atoms with Crippen molar-refractivity contribution >= 4 is 28.8 Å². The minimum absolute atomic E-state index is 0.0182. The van der Waals surface area contributed by atoms with E-state index in [1.54, 1.807) is 7.05 Å². The number of amides is 2. The topological polar surface area (TPSA) is 91.6 Å². The maximum Gasteiger partial charge on any atom is 0.257 e. The van der Waals surface area contributed by atoms with Crippen molar-refractivity contribution in [2.75, 3.05) is 32.0 Å². The maximum atomic E-state index is 12.8. The second-order valence-corrected chi connectivity index (χ2v) is 8.70. The second-order valence-electron chi connectivity index (χ2n) is 7.75. The molecule has 1 aromatic carbocycles. The summed E-state index contributed by atoms with van der Waals surface area (Å²) in [4.78, 5) is 29.6. The third-order valence-corrected chi connectivity index (χ3v) is 5.87. The molecule has 3 rings (SSSR count). The van der Waals surface area contributed by atoms with E-state index in [-0.39, 0.29) is 24.9 Å². The lowest BCUT2D eigenvalue weighted by Crippen LogP contribution is -2.41. The zero-order valence-corrected chi connectivity index (χ0v) is 19.7. The summed E-state index contributed by atoms with van der Waals surface area (Å²) in [7, 11) is 1.64. The Morgan fingerprint density at radius 3 is 2.50 bits per heavy atom. The molecule has 2 heterocycles. The van der Waals surface area contributed by atoms with Crippen LogP contribution in [0, 0.1) is 13.8 Å². The fraction of sp³-hybridized carbons (Fsp3) is 0.391. The van der Waals surface area contributed by atoms with Gasteiger partial charge in [-0.25, -0.2) is 0 Å². The van der Waals surface area contributed by atoms with E-state index in [4.69, 9.17) is 4.42 Å². The van der Waals surface area contributed by atoms with Crippen LogP contribution in [0.5, 0.6) is 0 Å². The molecule has 0 spiro atoms. The van der Waals surface area contributed by atoms with Gasteiger partial charge in [-0.15, -0.1) is 21.5 Å². The lowest BCUT2D eigenvalue weighted by molar-refractivity contribution is -0.134. The summed E-state index contributed by atoms with van der Waals surface area (Å²) in [5, 5.41) is 13.1. The van der Waals surface area contributed by atoms with Crippen LogP contribution >= 0.6 is 11.3 Å².